The third kappa shape index (κ3) is 4.28. The molecule has 0 radical (unpaired) electrons. The van der Waals surface area contributed by atoms with Gasteiger partial charge in [0.15, 0.2) is 4.34 Å². The lowest BCUT2D eigenvalue weighted by Crippen LogP contribution is -2.24. The largest absolute Gasteiger partial charge is 0.309 e. The molecule has 3 nitrogen and oxygen atoms in total. The van der Waals surface area contributed by atoms with E-state index in [4.69, 9.17) is 0 Å². The zero-order valence-corrected chi connectivity index (χ0v) is 15.0. The van der Waals surface area contributed by atoms with Gasteiger partial charge in [-0.1, -0.05) is 47.7 Å². The first kappa shape index (κ1) is 16.5. The van der Waals surface area contributed by atoms with Crippen LogP contribution in [0.4, 0.5) is 0 Å². The van der Waals surface area contributed by atoms with E-state index in [-0.39, 0.29) is 0 Å². The lowest BCUT2D eigenvalue weighted by Gasteiger charge is -2.22. The van der Waals surface area contributed by atoms with Crippen molar-refractivity contribution < 1.29 is 0 Å². The molecule has 0 amide bonds. The first-order valence-corrected chi connectivity index (χ1v) is 9.05. The van der Waals surface area contributed by atoms with Crippen molar-refractivity contribution in [2.24, 2.45) is 0 Å². The number of aryl methyl sites for hydroxylation is 4. The minimum Gasteiger partial charge on any atom is -0.309 e. The van der Waals surface area contributed by atoms with Crippen molar-refractivity contribution in [3.63, 3.8) is 0 Å². The monoisotopic (exact) mass is 321 g/mol. The molecular formula is C16H23N3S2. The van der Waals surface area contributed by atoms with Crippen molar-refractivity contribution in [3.8, 4) is 0 Å². The SMILES string of the molecule is CCNC(CSc1nnc(C)s1)c1c(C)cc(C)cc1C. The highest BCUT2D eigenvalue weighted by Crippen LogP contribution is 2.30. The summed E-state index contributed by atoms with van der Waals surface area (Å²) in [7, 11) is 0. The average molecular weight is 322 g/mol. The van der Waals surface area contributed by atoms with Crippen LogP contribution in [0.15, 0.2) is 16.5 Å². The fourth-order valence-electron chi connectivity index (χ4n) is 2.72. The number of rotatable bonds is 6. The Hall–Kier alpha value is -0.910. The van der Waals surface area contributed by atoms with Crippen LogP contribution in [-0.4, -0.2) is 22.5 Å². The van der Waals surface area contributed by atoms with Crippen molar-refractivity contribution in [1.29, 1.82) is 0 Å². The predicted molar refractivity (Wildman–Crippen MR) is 92.4 cm³/mol. The van der Waals surface area contributed by atoms with E-state index in [2.05, 4.69) is 55.3 Å². The minimum absolute atomic E-state index is 0.352. The molecule has 21 heavy (non-hydrogen) atoms. The predicted octanol–water partition coefficient (Wildman–Crippen LogP) is 4.21. The molecule has 0 aliphatic heterocycles. The summed E-state index contributed by atoms with van der Waals surface area (Å²) < 4.78 is 1.05. The Morgan fingerprint density at radius 2 is 1.81 bits per heavy atom. The van der Waals surface area contributed by atoms with Crippen molar-refractivity contribution in [3.05, 3.63) is 39.4 Å². The summed E-state index contributed by atoms with van der Waals surface area (Å²) in [4.78, 5) is 0. The lowest BCUT2D eigenvalue weighted by atomic mass is 9.95. The normalized spacial score (nSPS) is 12.6. The maximum Gasteiger partial charge on any atom is 0.174 e. The second-order valence-electron chi connectivity index (χ2n) is 5.32. The summed E-state index contributed by atoms with van der Waals surface area (Å²) in [5, 5.41) is 12.9. The molecule has 2 rings (SSSR count). The summed E-state index contributed by atoms with van der Waals surface area (Å²) in [6, 6.07) is 4.89. The van der Waals surface area contributed by atoms with Crippen LogP contribution in [0, 0.1) is 27.7 Å². The van der Waals surface area contributed by atoms with Gasteiger partial charge in [0.25, 0.3) is 0 Å². The van der Waals surface area contributed by atoms with Crippen LogP contribution in [0.25, 0.3) is 0 Å². The first-order valence-electron chi connectivity index (χ1n) is 7.25. The standard InChI is InChI=1S/C16H23N3S2/c1-6-17-14(9-20-16-19-18-13(5)21-16)15-11(3)7-10(2)8-12(15)4/h7-8,14,17H,6,9H2,1-5H3. The molecule has 114 valence electrons. The Morgan fingerprint density at radius 1 is 1.14 bits per heavy atom. The van der Waals surface area contributed by atoms with Crippen LogP contribution in [0.3, 0.4) is 0 Å². The Balaban J connectivity index is 2.18. The number of nitrogens with zero attached hydrogens (tertiary/aromatic N) is 2. The summed E-state index contributed by atoms with van der Waals surface area (Å²) in [6.45, 7) is 11.7. The van der Waals surface area contributed by atoms with Crippen molar-refractivity contribution in [2.75, 3.05) is 12.3 Å². The molecule has 0 saturated heterocycles. The molecule has 0 spiro atoms. The molecule has 2 aromatic rings. The van der Waals surface area contributed by atoms with E-state index in [0.29, 0.717) is 6.04 Å². The zero-order valence-electron chi connectivity index (χ0n) is 13.4. The third-order valence-corrected chi connectivity index (χ3v) is 5.48. The molecule has 0 bridgehead atoms. The van der Waals surface area contributed by atoms with Crippen LogP contribution < -0.4 is 5.32 Å². The molecule has 1 aromatic carbocycles. The molecular weight excluding hydrogens is 298 g/mol. The Labute approximate surface area is 135 Å². The highest BCUT2D eigenvalue weighted by Gasteiger charge is 2.17. The van der Waals surface area contributed by atoms with Gasteiger partial charge in [0.05, 0.1) is 0 Å². The maximum absolute atomic E-state index is 4.20. The summed E-state index contributed by atoms with van der Waals surface area (Å²) in [6.07, 6.45) is 0. The van der Waals surface area contributed by atoms with E-state index < -0.39 is 0 Å². The summed E-state index contributed by atoms with van der Waals surface area (Å²) in [5.41, 5.74) is 5.49. The van der Waals surface area contributed by atoms with E-state index in [1.807, 2.05) is 6.92 Å². The molecule has 5 heteroatoms. The van der Waals surface area contributed by atoms with Gasteiger partial charge >= 0.3 is 0 Å². The average Bonchev–Trinajstić information content (AvgIpc) is 2.80. The number of hydrogen-bond donors (Lipinski definition) is 1. The fourth-order valence-corrected chi connectivity index (χ4v) is 4.63. The molecule has 0 aliphatic rings. The second-order valence-corrected chi connectivity index (χ2v) is 7.77. The van der Waals surface area contributed by atoms with Gasteiger partial charge in [-0.3, -0.25) is 0 Å². The zero-order chi connectivity index (χ0) is 15.4. The molecule has 1 N–H and O–H groups in total. The van der Waals surface area contributed by atoms with Gasteiger partial charge in [-0.25, -0.2) is 0 Å². The number of aromatic nitrogens is 2. The topological polar surface area (TPSA) is 37.8 Å². The Kier molecular flexibility index (Phi) is 5.79. The summed E-state index contributed by atoms with van der Waals surface area (Å²) in [5.74, 6) is 0.979. The van der Waals surface area contributed by atoms with Gasteiger partial charge in [0, 0.05) is 11.8 Å². The number of hydrogen-bond acceptors (Lipinski definition) is 5. The van der Waals surface area contributed by atoms with Gasteiger partial charge < -0.3 is 5.32 Å². The van der Waals surface area contributed by atoms with Crippen LogP contribution >= 0.6 is 23.1 Å². The summed E-state index contributed by atoms with van der Waals surface area (Å²) >= 11 is 3.45. The quantitative estimate of drug-likeness (QED) is 0.809. The lowest BCUT2D eigenvalue weighted by molar-refractivity contribution is 0.600. The van der Waals surface area contributed by atoms with Gasteiger partial charge in [-0.05, 0) is 50.9 Å². The van der Waals surface area contributed by atoms with Crippen LogP contribution in [-0.2, 0) is 0 Å². The molecule has 0 saturated carbocycles. The third-order valence-electron chi connectivity index (χ3n) is 3.42. The molecule has 1 aromatic heterocycles. The molecule has 1 unspecified atom stereocenters. The molecule has 0 aliphatic carbocycles. The van der Waals surface area contributed by atoms with E-state index >= 15 is 0 Å². The van der Waals surface area contributed by atoms with Gasteiger partial charge in [-0.2, -0.15) is 0 Å². The minimum atomic E-state index is 0.352. The first-order chi connectivity index (χ1) is 10.0. The highest BCUT2D eigenvalue weighted by atomic mass is 32.2. The van der Waals surface area contributed by atoms with Crippen molar-refractivity contribution in [2.45, 2.75) is 45.0 Å². The highest BCUT2D eigenvalue weighted by molar-refractivity contribution is 8.01. The van der Waals surface area contributed by atoms with E-state index in [1.54, 1.807) is 23.1 Å². The molecule has 0 fully saturated rings. The number of thioether (sulfide) groups is 1. The molecule has 1 heterocycles. The van der Waals surface area contributed by atoms with Crippen molar-refractivity contribution >= 4 is 23.1 Å². The Morgan fingerprint density at radius 3 is 2.33 bits per heavy atom. The van der Waals surface area contributed by atoms with Crippen molar-refractivity contribution in [1.82, 2.24) is 15.5 Å². The van der Waals surface area contributed by atoms with Gasteiger partial charge in [0.2, 0.25) is 0 Å². The van der Waals surface area contributed by atoms with Crippen LogP contribution in [0.1, 0.15) is 40.2 Å². The van der Waals surface area contributed by atoms with Crippen LogP contribution in [0.5, 0.6) is 0 Å². The Bertz CT molecular complexity index is 584. The second kappa shape index (κ2) is 7.38. The molecule has 1 atom stereocenters. The fraction of sp³-hybridized carbons (Fsp3) is 0.500. The van der Waals surface area contributed by atoms with E-state index in [0.717, 1.165) is 21.6 Å². The van der Waals surface area contributed by atoms with E-state index in [9.17, 15) is 0 Å². The van der Waals surface area contributed by atoms with Crippen LogP contribution in [0.2, 0.25) is 0 Å². The smallest absolute Gasteiger partial charge is 0.174 e. The van der Waals surface area contributed by atoms with Gasteiger partial charge in [0.1, 0.15) is 5.01 Å². The van der Waals surface area contributed by atoms with E-state index in [1.165, 1.54) is 22.3 Å². The number of benzene rings is 1. The maximum atomic E-state index is 4.20. The number of nitrogens with one attached hydrogen (secondary N) is 1. The van der Waals surface area contributed by atoms with Gasteiger partial charge in [-0.15, -0.1) is 10.2 Å².